The van der Waals surface area contributed by atoms with E-state index in [9.17, 15) is 4.79 Å². The number of amides is 1. The summed E-state index contributed by atoms with van der Waals surface area (Å²) in [5.41, 5.74) is 7.11. The van der Waals surface area contributed by atoms with Crippen LogP contribution in [0.3, 0.4) is 0 Å². The fraction of sp³-hybridized carbons (Fsp3) is 0.267. The fourth-order valence-corrected chi connectivity index (χ4v) is 1.68. The van der Waals surface area contributed by atoms with Crippen molar-refractivity contribution in [2.75, 3.05) is 19.1 Å². The van der Waals surface area contributed by atoms with Crippen LogP contribution in [0, 0.1) is 13.8 Å². The maximum atomic E-state index is 11.8. The number of aromatic nitrogens is 2. The first-order valence-electron chi connectivity index (χ1n) is 6.70. The zero-order chi connectivity index (χ0) is 15.9. The largest absolute Gasteiger partial charge is 0.483 e. The molecule has 2 N–H and O–H groups in total. The van der Waals surface area contributed by atoms with E-state index in [0.717, 1.165) is 11.1 Å². The Morgan fingerprint density at radius 3 is 2.86 bits per heavy atom. The molecule has 0 aliphatic carbocycles. The molecule has 0 radical (unpaired) electrons. The number of benzene rings is 1. The van der Waals surface area contributed by atoms with Crippen molar-refractivity contribution in [3.05, 3.63) is 41.6 Å². The van der Waals surface area contributed by atoms with Crippen LogP contribution >= 0.6 is 0 Å². The van der Waals surface area contributed by atoms with Gasteiger partial charge in [-0.3, -0.25) is 15.6 Å². The van der Waals surface area contributed by atoms with Gasteiger partial charge < -0.3 is 9.47 Å². The number of hydrogen-bond acceptors (Lipinski definition) is 6. The summed E-state index contributed by atoms with van der Waals surface area (Å²) in [7, 11) is 1.50. The van der Waals surface area contributed by atoms with Gasteiger partial charge in [0.15, 0.2) is 6.61 Å². The molecule has 1 aromatic heterocycles. The number of methoxy groups -OCH3 is 1. The highest BCUT2D eigenvalue weighted by Gasteiger charge is 2.06. The molecule has 1 heterocycles. The Bertz CT molecular complexity index is 661. The molecule has 0 saturated carbocycles. The quantitative estimate of drug-likeness (QED) is 0.789. The van der Waals surface area contributed by atoms with E-state index < -0.39 is 0 Å². The summed E-state index contributed by atoms with van der Waals surface area (Å²) in [5.74, 6) is 0.984. The molecule has 0 spiro atoms. The van der Waals surface area contributed by atoms with Gasteiger partial charge in [0.25, 0.3) is 5.91 Å². The number of carbonyl (C=O) groups is 1. The lowest BCUT2D eigenvalue weighted by molar-refractivity contribution is -0.122. The number of nitrogens with one attached hydrogen (secondary N) is 2. The molecular weight excluding hydrogens is 284 g/mol. The molecule has 1 amide bonds. The number of hydrazine groups is 1. The molecule has 22 heavy (non-hydrogen) atoms. The summed E-state index contributed by atoms with van der Waals surface area (Å²) in [5, 5.41) is 0. The second kappa shape index (κ2) is 7.26. The van der Waals surface area contributed by atoms with Crippen molar-refractivity contribution >= 4 is 11.9 Å². The van der Waals surface area contributed by atoms with Gasteiger partial charge >= 0.3 is 0 Å². The fourth-order valence-electron chi connectivity index (χ4n) is 1.68. The van der Waals surface area contributed by atoms with Crippen LogP contribution in [-0.4, -0.2) is 29.6 Å². The number of carbonyl (C=O) groups excluding carboxylic acids is 1. The Morgan fingerprint density at radius 1 is 1.27 bits per heavy atom. The first kappa shape index (κ1) is 15.6. The topological polar surface area (TPSA) is 85.4 Å². The van der Waals surface area contributed by atoms with Crippen LogP contribution in [-0.2, 0) is 4.79 Å². The van der Waals surface area contributed by atoms with E-state index in [4.69, 9.17) is 9.47 Å². The van der Waals surface area contributed by atoms with Crippen molar-refractivity contribution in [1.82, 2.24) is 15.4 Å². The molecular formula is C15H18N4O3. The summed E-state index contributed by atoms with van der Waals surface area (Å²) in [6, 6.07) is 7.44. The SMILES string of the molecule is COc1ccnc(NNC(=O)COc2cc(C)ccc2C)n1. The van der Waals surface area contributed by atoms with Gasteiger partial charge in [0, 0.05) is 12.3 Å². The maximum Gasteiger partial charge on any atom is 0.276 e. The Labute approximate surface area is 128 Å². The lowest BCUT2D eigenvalue weighted by Crippen LogP contribution is -2.34. The van der Waals surface area contributed by atoms with Crippen LogP contribution in [0.15, 0.2) is 30.5 Å². The summed E-state index contributed by atoms with van der Waals surface area (Å²) in [6.45, 7) is 3.78. The van der Waals surface area contributed by atoms with Gasteiger partial charge in [-0.25, -0.2) is 4.98 Å². The van der Waals surface area contributed by atoms with Gasteiger partial charge in [0.1, 0.15) is 5.75 Å². The number of ether oxygens (including phenoxy) is 2. The average molecular weight is 302 g/mol. The van der Waals surface area contributed by atoms with E-state index >= 15 is 0 Å². The zero-order valence-corrected chi connectivity index (χ0v) is 12.7. The van der Waals surface area contributed by atoms with Crippen molar-refractivity contribution in [2.24, 2.45) is 0 Å². The minimum atomic E-state index is -0.340. The molecule has 1 aromatic carbocycles. The molecule has 0 aliphatic rings. The maximum absolute atomic E-state index is 11.8. The summed E-state index contributed by atoms with van der Waals surface area (Å²) < 4.78 is 10.5. The van der Waals surface area contributed by atoms with Crippen LogP contribution in [0.1, 0.15) is 11.1 Å². The van der Waals surface area contributed by atoms with Crippen molar-refractivity contribution < 1.29 is 14.3 Å². The Kier molecular flexibility index (Phi) is 5.13. The zero-order valence-electron chi connectivity index (χ0n) is 12.7. The van der Waals surface area contributed by atoms with Gasteiger partial charge in [0.05, 0.1) is 7.11 Å². The summed E-state index contributed by atoms with van der Waals surface area (Å²) in [6.07, 6.45) is 1.52. The Morgan fingerprint density at radius 2 is 2.09 bits per heavy atom. The van der Waals surface area contributed by atoms with Crippen LogP contribution in [0.25, 0.3) is 0 Å². The van der Waals surface area contributed by atoms with Crippen molar-refractivity contribution in [3.8, 4) is 11.6 Å². The van der Waals surface area contributed by atoms with Gasteiger partial charge in [-0.05, 0) is 31.0 Å². The second-order valence-corrected chi connectivity index (χ2v) is 4.65. The molecule has 2 rings (SSSR count). The van der Waals surface area contributed by atoms with Crippen LogP contribution < -0.4 is 20.3 Å². The number of aryl methyl sites for hydroxylation is 2. The van der Waals surface area contributed by atoms with Crippen molar-refractivity contribution in [3.63, 3.8) is 0 Å². The number of anilines is 1. The van der Waals surface area contributed by atoms with Crippen LogP contribution in [0.2, 0.25) is 0 Å². The number of rotatable bonds is 6. The molecule has 0 unspecified atom stereocenters. The molecule has 0 atom stereocenters. The van der Waals surface area contributed by atoms with E-state index in [-0.39, 0.29) is 18.5 Å². The van der Waals surface area contributed by atoms with E-state index in [2.05, 4.69) is 20.8 Å². The molecule has 0 saturated heterocycles. The lowest BCUT2D eigenvalue weighted by atomic mass is 10.1. The highest BCUT2D eigenvalue weighted by atomic mass is 16.5. The third-order valence-corrected chi connectivity index (χ3v) is 2.86. The summed E-state index contributed by atoms with van der Waals surface area (Å²) >= 11 is 0. The van der Waals surface area contributed by atoms with E-state index in [0.29, 0.717) is 11.6 Å². The molecule has 0 aliphatic heterocycles. The van der Waals surface area contributed by atoms with Crippen molar-refractivity contribution in [1.29, 1.82) is 0 Å². The smallest absolute Gasteiger partial charge is 0.276 e. The molecule has 116 valence electrons. The van der Waals surface area contributed by atoms with Gasteiger partial charge in [-0.1, -0.05) is 12.1 Å². The summed E-state index contributed by atoms with van der Waals surface area (Å²) in [4.78, 5) is 19.7. The normalized spacial score (nSPS) is 9.95. The van der Waals surface area contributed by atoms with Crippen LogP contribution in [0.5, 0.6) is 11.6 Å². The predicted molar refractivity (Wildman–Crippen MR) is 81.8 cm³/mol. The second-order valence-electron chi connectivity index (χ2n) is 4.65. The average Bonchev–Trinajstić information content (AvgIpc) is 2.54. The van der Waals surface area contributed by atoms with E-state index in [1.807, 2.05) is 32.0 Å². The first-order chi connectivity index (χ1) is 10.6. The number of nitrogens with zero attached hydrogens (tertiary/aromatic N) is 2. The third-order valence-electron chi connectivity index (χ3n) is 2.86. The molecule has 7 heteroatoms. The highest BCUT2D eigenvalue weighted by Crippen LogP contribution is 2.18. The minimum Gasteiger partial charge on any atom is -0.483 e. The Balaban J connectivity index is 1.84. The highest BCUT2D eigenvalue weighted by molar-refractivity contribution is 5.78. The van der Waals surface area contributed by atoms with Gasteiger partial charge in [0.2, 0.25) is 11.8 Å². The Hall–Kier alpha value is -2.83. The monoisotopic (exact) mass is 302 g/mol. The standard InChI is InChI=1S/C15H18N4O3/c1-10-4-5-11(2)12(8-10)22-9-13(20)18-19-15-16-7-6-14(17-15)21-3/h4-8H,9H2,1-3H3,(H,18,20)(H,16,17,19). The molecule has 0 fully saturated rings. The first-order valence-corrected chi connectivity index (χ1v) is 6.70. The predicted octanol–water partition coefficient (Wildman–Crippen LogP) is 1.62. The molecule has 0 bridgehead atoms. The molecule has 2 aromatic rings. The van der Waals surface area contributed by atoms with E-state index in [1.54, 1.807) is 6.07 Å². The van der Waals surface area contributed by atoms with Gasteiger partial charge in [-0.2, -0.15) is 4.98 Å². The minimum absolute atomic E-state index is 0.110. The van der Waals surface area contributed by atoms with E-state index in [1.165, 1.54) is 13.3 Å². The van der Waals surface area contributed by atoms with Crippen molar-refractivity contribution in [2.45, 2.75) is 13.8 Å². The van der Waals surface area contributed by atoms with Crippen LogP contribution in [0.4, 0.5) is 5.95 Å². The third kappa shape index (κ3) is 4.34. The lowest BCUT2D eigenvalue weighted by Gasteiger charge is -2.11. The number of hydrogen-bond donors (Lipinski definition) is 2. The van der Waals surface area contributed by atoms with Gasteiger partial charge in [-0.15, -0.1) is 0 Å². The molecule has 7 nitrogen and oxygen atoms in total.